The van der Waals surface area contributed by atoms with Crippen LogP contribution in [0.3, 0.4) is 0 Å². The highest BCUT2D eigenvalue weighted by molar-refractivity contribution is 6.35. The molecule has 4 heterocycles. The number of amides is 1. The second-order valence-electron chi connectivity index (χ2n) is 12.4. The molecule has 0 aliphatic carbocycles. The number of fused-ring (bicyclic) bond motifs is 3. The van der Waals surface area contributed by atoms with Gasteiger partial charge < -0.3 is 18.9 Å². The summed E-state index contributed by atoms with van der Waals surface area (Å²) in [6, 6.07) is 22.5. The van der Waals surface area contributed by atoms with Crippen LogP contribution in [0, 0.1) is 5.92 Å². The second-order valence-corrected chi connectivity index (χ2v) is 13.2. The first-order valence-electron chi connectivity index (χ1n) is 16.3. The molecule has 3 aliphatic rings. The Morgan fingerprint density at radius 3 is 2.20 bits per heavy atom. The summed E-state index contributed by atoms with van der Waals surface area (Å²) in [5, 5.41) is 0.753. The van der Waals surface area contributed by atoms with Gasteiger partial charge in [0.1, 0.15) is 12.2 Å². The van der Waals surface area contributed by atoms with E-state index in [1.807, 2.05) is 60.7 Å². The van der Waals surface area contributed by atoms with Gasteiger partial charge in [0.2, 0.25) is 0 Å². The molecule has 0 unspecified atom stereocenters. The number of carbonyl (C=O) groups excluding carboxylic acids is 2. The number of para-hydroxylation sites is 1. The van der Waals surface area contributed by atoms with Crippen LogP contribution in [0.2, 0.25) is 10.0 Å². The maximum atomic E-state index is 13.6. The smallest absolute Gasteiger partial charge is 0.414 e. The number of ether oxygens (including phenoxy) is 4. The molecule has 4 aromatic rings. The summed E-state index contributed by atoms with van der Waals surface area (Å²) < 4.78 is 23.0. The zero-order chi connectivity index (χ0) is 34.3. The Morgan fingerprint density at radius 1 is 0.898 bits per heavy atom. The maximum absolute atomic E-state index is 13.6. The Bertz CT molecular complexity index is 1730. The Hall–Kier alpha value is -4.31. The number of esters is 1. The maximum Gasteiger partial charge on any atom is 0.414 e. The number of pyridine rings is 1. The van der Waals surface area contributed by atoms with E-state index in [-0.39, 0.29) is 25.0 Å². The number of hydrogen-bond acceptors (Lipinski definition) is 8. The number of hydrogen-bond donors (Lipinski definition) is 0. The lowest BCUT2D eigenvalue weighted by molar-refractivity contribution is -0.148. The van der Waals surface area contributed by atoms with Gasteiger partial charge in [-0.1, -0.05) is 71.7 Å². The fourth-order valence-corrected chi connectivity index (χ4v) is 7.04. The molecule has 2 atom stereocenters. The average Bonchev–Trinajstić information content (AvgIpc) is 3.13. The number of carbonyl (C=O) groups is 2. The first-order chi connectivity index (χ1) is 23.8. The summed E-state index contributed by atoms with van der Waals surface area (Å²) in [7, 11) is 3.10. The van der Waals surface area contributed by atoms with Crippen molar-refractivity contribution in [2.75, 3.05) is 38.8 Å². The van der Waals surface area contributed by atoms with Crippen LogP contribution < -0.4 is 14.4 Å². The molecule has 0 spiro atoms. The van der Waals surface area contributed by atoms with Crippen LogP contribution in [0.5, 0.6) is 11.5 Å². The van der Waals surface area contributed by atoms with Crippen molar-refractivity contribution in [2.45, 2.75) is 44.4 Å². The van der Waals surface area contributed by atoms with E-state index in [1.165, 1.54) is 12.4 Å². The Balaban J connectivity index is 1.15. The second kappa shape index (κ2) is 15.9. The van der Waals surface area contributed by atoms with E-state index in [2.05, 4.69) is 9.88 Å². The van der Waals surface area contributed by atoms with Crippen LogP contribution in [0.15, 0.2) is 85.2 Å². The molecule has 1 aromatic heterocycles. The van der Waals surface area contributed by atoms with Crippen LogP contribution in [0.25, 0.3) is 0 Å². The van der Waals surface area contributed by atoms with Crippen LogP contribution in [-0.2, 0) is 33.7 Å². The van der Waals surface area contributed by atoms with Gasteiger partial charge in [0.05, 0.1) is 37.2 Å². The van der Waals surface area contributed by atoms with Crippen molar-refractivity contribution >= 4 is 41.0 Å². The number of nitrogens with zero attached hydrogens (tertiary/aromatic N) is 3. The number of piperidine rings is 3. The Kier molecular flexibility index (Phi) is 11.2. The minimum Gasteiger partial charge on any atom is -0.493 e. The average molecular weight is 705 g/mol. The third-order valence-electron chi connectivity index (χ3n) is 9.24. The van der Waals surface area contributed by atoms with Crippen LogP contribution >= 0.6 is 23.2 Å². The molecule has 7 rings (SSSR count). The first-order valence-corrected chi connectivity index (χ1v) is 17.1. The third kappa shape index (κ3) is 8.47. The molecule has 3 fully saturated rings. The van der Waals surface area contributed by atoms with E-state index >= 15 is 0 Å². The van der Waals surface area contributed by atoms with E-state index in [4.69, 9.17) is 42.1 Å². The largest absolute Gasteiger partial charge is 0.493 e. The van der Waals surface area contributed by atoms with Crippen molar-refractivity contribution in [1.82, 2.24) is 9.88 Å². The molecule has 3 aliphatic heterocycles. The van der Waals surface area contributed by atoms with E-state index < -0.39 is 12.1 Å². The van der Waals surface area contributed by atoms with Crippen molar-refractivity contribution in [2.24, 2.45) is 5.92 Å². The van der Waals surface area contributed by atoms with Gasteiger partial charge >= 0.3 is 12.1 Å². The summed E-state index contributed by atoms with van der Waals surface area (Å²) in [4.78, 5) is 35.0. The number of halogens is 2. The quantitative estimate of drug-likeness (QED) is 0.139. The monoisotopic (exact) mass is 703 g/mol. The molecule has 3 saturated heterocycles. The summed E-state index contributed by atoms with van der Waals surface area (Å²) in [5.41, 5.74) is 3.73. The van der Waals surface area contributed by atoms with Gasteiger partial charge in [0.25, 0.3) is 0 Å². The van der Waals surface area contributed by atoms with Gasteiger partial charge in [-0.15, -0.1) is 0 Å². The Labute approximate surface area is 296 Å². The molecule has 0 saturated carbocycles. The number of anilines is 1. The van der Waals surface area contributed by atoms with E-state index in [9.17, 15) is 9.59 Å². The summed E-state index contributed by atoms with van der Waals surface area (Å²) in [6.07, 6.45) is 4.24. The van der Waals surface area contributed by atoms with Gasteiger partial charge in [0, 0.05) is 31.0 Å². The molecular weight excluding hydrogens is 665 g/mol. The molecule has 11 heteroatoms. The zero-order valence-corrected chi connectivity index (χ0v) is 29.0. The topological polar surface area (TPSA) is 90.4 Å². The van der Waals surface area contributed by atoms with Gasteiger partial charge in [-0.3, -0.25) is 19.6 Å². The molecular formula is C38H39Cl2N3O6. The zero-order valence-electron chi connectivity index (χ0n) is 27.5. The van der Waals surface area contributed by atoms with Crippen molar-refractivity contribution in [3.05, 3.63) is 117 Å². The fraction of sp³-hybridized carbons (Fsp3) is 0.342. The molecule has 1 amide bonds. The first kappa shape index (κ1) is 34.5. The van der Waals surface area contributed by atoms with Gasteiger partial charge in [0.15, 0.2) is 11.5 Å². The van der Waals surface area contributed by atoms with Crippen molar-refractivity contribution < 1.29 is 28.5 Å². The van der Waals surface area contributed by atoms with E-state index in [0.717, 1.165) is 49.3 Å². The van der Waals surface area contributed by atoms with Crippen LogP contribution in [-0.4, -0.2) is 61.9 Å². The Morgan fingerprint density at radius 2 is 1.57 bits per heavy atom. The predicted molar refractivity (Wildman–Crippen MR) is 189 cm³/mol. The minimum atomic E-state index is -0.717. The van der Waals surface area contributed by atoms with E-state index in [0.29, 0.717) is 45.1 Å². The fourth-order valence-electron chi connectivity index (χ4n) is 6.52. The van der Waals surface area contributed by atoms with Crippen LogP contribution in [0.4, 0.5) is 10.5 Å². The SMILES string of the molecule is COc1ccc([C@H](Cc2c(Cl)cncc2Cl)OC(=O)Cc2ccc(CN(C(=O)O[C@H]3CN4CCC3CC4)c3ccccc3)cc2)cc1OC. The normalized spacial score (nSPS) is 18.7. The molecule has 49 heavy (non-hydrogen) atoms. The lowest BCUT2D eigenvalue weighted by Gasteiger charge is -2.44. The number of benzene rings is 3. The lowest BCUT2D eigenvalue weighted by atomic mass is 9.86. The molecule has 0 N–H and O–H groups in total. The third-order valence-corrected chi connectivity index (χ3v) is 9.90. The van der Waals surface area contributed by atoms with Gasteiger partial charge in [-0.25, -0.2) is 4.79 Å². The minimum absolute atomic E-state index is 0.0336. The molecule has 256 valence electrons. The number of methoxy groups -OCH3 is 2. The predicted octanol–water partition coefficient (Wildman–Crippen LogP) is 7.71. The van der Waals surface area contributed by atoms with Gasteiger partial charge in [-0.05, 0) is 78.4 Å². The summed E-state index contributed by atoms with van der Waals surface area (Å²) in [5.74, 6) is 1.03. The van der Waals surface area contributed by atoms with Crippen molar-refractivity contribution in [3.63, 3.8) is 0 Å². The van der Waals surface area contributed by atoms with Crippen LogP contribution in [0.1, 0.15) is 41.2 Å². The summed E-state index contributed by atoms with van der Waals surface area (Å²) >= 11 is 12.9. The standard InChI is InChI=1S/C38H39Cl2N3O6/c1-46-33-13-12-28(19-35(33)47-2)34(20-30-31(39)21-41-22-32(30)40)48-37(44)18-25-8-10-26(11-9-25)23-43(29-6-4-3-5-7-29)38(45)49-36-24-42-16-14-27(36)15-17-42/h3-13,19,21-22,27,34,36H,14-18,20,23-24H2,1-2H3/t34-,36-/m0/s1. The lowest BCUT2D eigenvalue weighted by Crippen LogP contribution is -2.53. The number of aromatic nitrogens is 1. The highest BCUT2D eigenvalue weighted by Gasteiger charge is 2.37. The van der Waals surface area contributed by atoms with Crippen molar-refractivity contribution in [1.29, 1.82) is 0 Å². The molecule has 0 radical (unpaired) electrons. The van der Waals surface area contributed by atoms with Crippen molar-refractivity contribution in [3.8, 4) is 11.5 Å². The van der Waals surface area contributed by atoms with E-state index in [1.54, 1.807) is 31.3 Å². The highest BCUT2D eigenvalue weighted by atomic mass is 35.5. The number of rotatable bonds is 12. The summed E-state index contributed by atoms with van der Waals surface area (Å²) in [6.45, 7) is 3.26. The molecule has 3 aromatic carbocycles. The van der Waals surface area contributed by atoms with Gasteiger partial charge in [-0.2, -0.15) is 0 Å². The highest BCUT2D eigenvalue weighted by Crippen LogP contribution is 2.36. The molecule has 2 bridgehead atoms. The molecule has 9 nitrogen and oxygen atoms in total.